The standard InChI is InChI=1S/C8H16N2O5S/c1-6(2)15-8(12)9-16(13,14)10-3-7(4-10)5-11/h6-7,11H,3-5H2,1-2H3,(H,9,12). The third kappa shape index (κ3) is 3.32. The molecule has 1 amide bonds. The number of hydrogen-bond donors (Lipinski definition) is 2. The Morgan fingerprint density at radius 1 is 1.56 bits per heavy atom. The number of ether oxygens (including phenoxy) is 1. The summed E-state index contributed by atoms with van der Waals surface area (Å²) in [6.07, 6.45) is -1.36. The molecule has 0 aromatic heterocycles. The van der Waals surface area contributed by atoms with Crippen molar-refractivity contribution < 1.29 is 23.1 Å². The van der Waals surface area contributed by atoms with Crippen molar-refractivity contribution in [2.24, 2.45) is 5.92 Å². The molecule has 2 N–H and O–H groups in total. The van der Waals surface area contributed by atoms with Crippen molar-refractivity contribution in [3.8, 4) is 0 Å². The molecule has 1 fully saturated rings. The second kappa shape index (κ2) is 4.98. The molecule has 0 aromatic rings. The van der Waals surface area contributed by atoms with Gasteiger partial charge in [0.1, 0.15) is 0 Å². The second-order valence-corrected chi connectivity index (χ2v) is 5.60. The fraction of sp³-hybridized carbons (Fsp3) is 0.875. The molecule has 0 saturated carbocycles. The highest BCUT2D eigenvalue weighted by Crippen LogP contribution is 2.17. The zero-order valence-corrected chi connectivity index (χ0v) is 10.0. The van der Waals surface area contributed by atoms with Crippen LogP contribution in [0.4, 0.5) is 4.79 Å². The maximum Gasteiger partial charge on any atom is 0.422 e. The molecule has 0 unspecified atom stereocenters. The van der Waals surface area contributed by atoms with Gasteiger partial charge in [0.25, 0.3) is 0 Å². The highest BCUT2D eigenvalue weighted by atomic mass is 32.2. The summed E-state index contributed by atoms with van der Waals surface area (Å²) in [5, 5.41) is 8.74. The van der Waals surface area contributed by atoms with Crippen molar-refractivity contribution in [3.05, 3.63) is 0 Å². The number of hydrogen-bond acceptors (Lipinski definition) is 5. The zero-order chi connectivity index (χ0) is 12.3. The minimum atomic E-state index is -3.81. The van der Waals surface area contributed by atoms with Gasteiger partial charge in [0.15, 0.2) is 0 Å². The lowest BCUT2D eigenvalue weighted by Gasteiger charge is -2.36. The SMILES string of the molecule is CC(C)OC(=O)NS(=O)(=O)N1CC(CO)C1. The lowest BCUT2D eigenvalue weighted by atomic mass is 10.1. The van der Waals surface area contributed by atoms with E-state index in [0.29, 0.717) is 0 Å². The molecule has 8 heteroatoms. The van der Waals surface area contributed by atoms with Crippen molar-refractivity contribution in [1.29, 1.82) is 0 Å². The van der Waals surface area contributed by atoms with Crippen LogP contribution in [0.1, 0.15) is 13.8 Å². The number of aliphatic hydroxyl groups is 1. The average Bonchev–Trinajstić information content (AvgIpc) is 1.97. The third-order valence-corrected chi connectivity index (χ3v) is 3.48. The minimum Gasteiger partial charge on any atom is -0.446 e. The first-order valence-corrected chi connectivity index (χ1v) is 6.38. The van der Waals surface area contributed by atoms with Gasteiger partial charge in [-0.15, -0.1) is 0 Å². The van der Waals surface area contributed by atoms with Crippen molar-refractivity contribution in [2.75, 3.05) is 19.7 Å². The van der Waals surface area contributed by atoms with Gasteiger partial charge in [0, 0.05) is 25.6 Å². The van der Waals surface area contributed by atoms with Crippen LogP contribution in [0.2, 0.25) is 0 Å². The lowest BCUT2D eigenvalue weighted by molar-refractivity contribution is 0.110. The van der Waals surface area contributed by atoms with Crippen LogP contribution >= 0.6 is 0 Å². The molecule has 0 radical (unpaired) electrons. The fourth-order valence-electron chi connectivity index (χ4n) is 1.24. The Hall–Kier alpha value is -0.860. The Morgan fingerprint density at radius 2 is 2.12 bits per heavy atom. The van der Waals surface area contributed by atoms with E-state index in [1.54, 1.807) is 18.6 Å². The maximum absolute atomic E-state index is 11.5. The highest BCUT2D eigenvalue weighted by Gasteiger charge is 2.36. The van der Waals surface area contributed by atoms with Gasteiger partial charge in [0.2, 0.25) is 0 Å². The Balaban J connectivity index is 2.44. The van der Waals surface area contributed by atoms with Crippen LogP contribution in [0.3, 0.4) is 0 Å². The molecule has 0 aliphatic carbocycles. The summed E-state index contributed by atoms with van der Waals surface area (Å²) in [5.74, 6) is -0.0438. The van der Waals surface area contributed by atoms with Gasteiger partial charge in [-0.3, -0.25) is 0 Å². The zero-order valence-electron chi connectivity index (χ0n) is 9.21. The van der Waals surface area contributed by atoms with Gasteiger partial charge in [-0.1, -0.05) is 0 Å². The van der Waals surface area contributed by atoms with Crippen LogP contribution in [0, 0.1) is 5.92 Å². The predicted octanol–water partition coefficient (Wildman–Crippen LogP) is -0.710. The number of rotatable bonds is 4. The Labute approximate surface area is 94.6 Å². The molecular weight excluding hydrogens is 236 g/mol. The van der Waals surface area contributed by atoms with Crippen LogP contribution < -0.4 is 4.72 Å². The third-order valence-electron chi connectivity index (χ3n) is 2.08. The number of nitrogens with zero attached hydrogens (tertiary/aromatic N) is 1. The molecule has 0 bridgehead atoms. The smallest absolute Gasteiger partial charge is 0.422 e. The van der Waals surface area contributed by atoms with E-state index in [2.05, 4.69) is 4.74 Å². The van der Waals surface area contributed by atoms with E-state index in [0.717, 1.165) is 4.31 Å². The average molecular weight is 252 g/mol. The molecule has 0 atom stereocenters. The lowest BCUT2D eigenvalue weighted by Crippen LogP contribution is -2.56. The molecule has 1 saturated heterocycles. The van der Waals surface area contributed by atoms with Gasteiger partial charge in [-0.25, -0.2) is 9.52 Å². The number of carbonyl (C=O) groups is 1. The quantitative estimate of drug-likeness (QED) is 0.689. The Morgan fingerprint density at radius 3 is 2.56 bits per heavy atom. The molecule has 0 aromatic carbocycles. The first-order valence-electron chi connectivity index (χ1n) is 4.94. The van der Waals surface area contributed by atoms with Crippen molar-refractivity contribution in [2.45, 2.75) is 20.0 Å². The van der Waals surface area contributed by atoms with Crippen LogP contribution in [0.25, 0.3) is 0 Å². The first kappa shape index (κ1) is 13.2. The summed E-state index contributed by atoms with van der Waals surface area (Å²) < 4.78 is 30.5. The number of nitrogens with one attached hydrogen (secondary N) is 1. The van der Waals surface area contributed by atoms with Gasteiger partial charge in [-0.05, 0) is 13.8 Å². The minimum absolute atomic E-state index is 0.0438. The Kier molecular flexibility index (Phi) is 4.11. The molecule has 1 aliphatic heterocycles. The molecular formula is C8H16N2O5S. The summed E-state index contributed by atoms with van der Waals surface area (Å²) >= 11 is 0. The molecule has 1 rings (SSSR count). The maximum atomic E-state index is 11.5. The van der Waals surface area contributed by atoms with Gasteiger partial charge in [-0.2, -0.15) is 12.7 Å². The fourth-order valence-corrected chi connectivity index (χ4v) is 2.44. The molecule has 16 heavy (non-hydrogen) atoms. The van der Waals surface area contributed by atoms with E-state index in [1.165, 1.54) is 0 Å². The summed E-state index contributed by atoms with van der Waals surface area (Å²) in [4.78, 5) is 11.1. The summed E-state index contributed by atoms with van der Waals surface area (Å²) in [6.45, 7) is 3.64. The number of carbonyl (C=O) groups excluding carboxylic acids is 1. The van der Waals surface area contributed by atoms with E-state index in [1.807, 2.05) is 0 Å². The van der Waals surface area contributed by atoms with Crippen LogP contribution in [0.15, 0.2) is 0 Å². The van der Waals surface area contributed by atoms with E-state index < -0.39 is 16.3 Å². The Bertz CT molecular complexity index is 347. The van der Waals surface area contributed by atoms with E-state index in [9.17, 15) is 13.2 Å². The topological polar surface area (TPSA) is 95.9 Å². The van der Waals surface area contributed by atoms with Crippen molar-refractivity contribution in [1.82, 2.24) is 9.03 Å². The molecule has 1 aliphatic rings. The number of aliphatic hydroxyl groups excluding tert-OH is 1. The molecule has 1 heterocycles. The van der Waals surface area contributed by atoms with Crippen LogP contribution in [-0.4, -0.2) is 49.7 Å². The monoisotopic (exact) mass is 252 g/mol. The van der Waals surface area contributed by atoms with E-state index in [-0.39, 0.29) is 31.7 Å². The second-order valence-electron chi connectivity index (χ2n) is 3.93. The molecule has 7 nitrogen and oxygen atoms in total. The van der Waals surface area contributed by atoms with Gasteiger partial charge < -0.3 is 9.84 Å². The van der Waals surface area contributed by atoms with E-state index in [4.69, 9.17) is 5.11 Å². The van der Waals surface area contributed by atoms with Gasteiger partial charge in [0.05, 0.1) is 6.10 Å². The molecule has 94 valence electrons. The highest BCUT2D eigenvalue weighted by molar-refractivity contribution is 7.87. The van der Waals surface area contributed by atoms with Crippen LogP contribution in [-0.2, 0) is 14.9 Å². The first-order chi connectivity index (χ1) is 7.35. The summed E-state index contributed by atoms with van der Waals surface area (Å²) in [7, 11) is -3.81. The van der Waals surface area contributed by atoms with Crippen molar-refractivity contribution in [3.63, 3.8) is 0 Å². The van der Waals surface area contributed by atoms with E-state index >= 15 is 0 Å². The summed E-state index contributed by atoms with van der Waals surface area (Å²) in [6, 6.07) is 0. The van der Waals surface area contributed by atoms with Crippen LogP contribution in [0.5, 0.6) is 0 Å². The van der Waals surface area contributed by atoms with Gasteiger partial charge >= 0.3 is 16.3 Å². The predicted molar refractivity (Wildman–Crippen MR) is 55.8 cm³/mol. The normalized spacial score (nSPS) is 18.2. The largest absolute Gasteiger partial charge is 0.446 e. The van der Waals surface area contributed by atoms with Crippen molar-refractivity contribution >= 4 is 16.3 Å². The summed E-state index contributed by atoms with van der Waals surface area (Å²) in [5.41, 5.74) is 0. The number of amides is 1. The molecule has 0 spiro atoms.